The summed E-state index contributed by atoms with van der Waals surface area (Å²) in [5.41, 5.74) is 4.32. The highest BCUT2D eigenvalue weighted by Gasteiger charge is 2.34. The first kappa shape index (κ1) is 34.9. The Balaban J connectivity index is 0.969. The predicted octanol–water partition coefficient (Wildman–Crippen LogP) is 4.91. The number of piperidine rings is 2. The van der Waals surface area contributed by atoms with Gasteiger partial charge in [-0.25, -0.2) is 4.68 Å². The molecule has 2 aromatic carbocycles. The first-order valence-corrected chi connectivity index (χ1v) is 19.0. The number of hydrogen-bond acceptors (Lipinski definition) is 10. The second kappa shape index (κ2) is 14.0. The van der Waals surface area contributed by atoms with Crippen molar-refractivity contribution in [1.29, 1.82) is 0 Å². The second-order valence-corrected chi connectivity index (χ2v) is 15.6. The molecule has 2 saturated heterocycles. The highest BCUT2D eigenvalue weighted by Crippen LogP contribution is 2.39. The predicted molar refractivity (Wildman–Crippen MR) is 203 cm³/mol. The summed E-state index contributed by atoms with van der Waals surface area (Å²) < 4.78 is 3.25. The van der Waals surface area contributed by atoms with Gasteiger partial charge in [0.2, 0.25) is 11.8 Å². The van der Waals surface area contributed by atoms with Gasteiger partial charge < -0.3 is 10.2 Å². The summed E-state index contributed by atoms with van der Waals surface area (Å²) >= 11 is 7.92. The van der Waals surface area contributed by atoms with Crippen LogP contribution < -0.4 is 21.1 Å². The maximum atomic E-state index is 13.8. The zero-order chi connectivity index (χ0) is 37.0. The lowest BCUT2D eigenvalue weighted by Crippen LogP contribution is -2.45. The van der Waals surface area contributed by atoms with Crippen molar-refractivity contribution in [1.82, 2.24) is 35.2 Å². The van der Waals surface area contributed by atoms with Gasteiger partial charge in [0.15, 0.2) is 5.82 Å². The number of imide groups is 1. The van der Waals surface area contributed by atoms with Gasteiger partial charge in [0.1, 0.15) is 22.9 Å². The lowest BCUT2D eigenvalue weighted by Gasteiger charge is -2.34. The molecule has 0 radical (unpaired) electrons. The number of carbonyl (C=O) groups excluding carboxylic acids is 3. The molecule has 0 spiro atoms. The SMILES string of the molecule is Cc1sc2c(c1C)C(c1ccc(Cl)cc1)=N[C@@H](CC(=O)NCC1CCN(c3cccc4cnn(C5CCC(=O)NC5=O)c(=O)c34)CC1)c1nnc(C)n1-2. The van der Waals surface area contributed by atoms with E-state index in [0.717, 1.165) is 51.8 Å². The third-order valence-electron chi connectivity index (χ3n) is 10.6. The largest absolute Gasteiger partial charge is 0.371 e. The summed E-state index contributed by atoms with van der Waals surface area (Å²) in [4.78, 5) is 60.2. The normalized spacial score (nSPS) is 19.0. The Labute approximate surface area is 314 Å². The van der Waals surface area contributed by atoms with Crippen molar-refractivity contribution >= 4 is 62.8 Å². The van der Waals surface area contributed by atoms with Crippen LogP contribution in [0.4, 0.5) is 5.69 Å². The average molecular weight is 752 g/mol. The van der Waals surface area contributed by atoms with E-state index < -0.39 is 18.0 Å². The van der Waals surface area contributed by atoms with Crippen LogP contribution >= 0.6 is 22.9 Å². The molecule has 53 heavy (non-hydrogen) atoms. The first-order chi connectivity index (χ1) is 25.6. The van der Waals surface area contributed by atoms with Gasteiger partial charge in [-0.2, -0.15) is 5.10 Å². The second-order valence-electron chi connectivity index (χ2n) is 13.9. The Bertz CT molecular complexity index is 2370. The number of halogens is 1. The number of benzene rings is 2. The van der Waals surface area contributed by atoms with Gasteiger partial charge >= 0.3 is 0 Å². The van der Waals surface area contributed by atoms with Crippen molar-refractivity contribution < 1.29 is 14.4 Å². The van der Waals surface area contributed by atoms with E-state index in [1.54, 1.807) is 17.5 Å². The number of carbonyl (C=O) groups is 3. The topological polar surface area (TPSA) is 156 Å². The van der Waals surface area contributed by atoms with E-state index in [1.165, 1.54) is 9.56 Å². The molecule has 6 heterocycles. The number of aromatic nitrogens is 5. The fourth-order valence-corrected chi connectivity index (χ4v) is 8.95. The summed E-state index contributed by atoms with van der Waals surface area (Å²) in [7, 11) is 0. The smallest absolute Gasteiger partial charge is 0.277 e. The number of thiophene rings is 1. The van der Waals surface area contributed by atoms with Gasteiger partial charge in [0, 0.05) is 52.5 Å². The number of fused-ring (bicyclic) bond motifs is 4. The standard InChI is InChI=1S/C38H38ClN9O4S/c1-20-21(2)53-38-32(20)34(24-7-9-26(39)10-8-24)42-27(35-45-44-22(3)47(35)38)17-31(50)40-18-23-13-15-46(16-14-23)28-6-4-5-25-19-41-48(37(52)33(25)28)29-11-12-30(49)43-36(29)51/h4-10,19,23,27,29H,11-18H2,1-3H3,(H,40,50)(H,43,49,51)/t27-,29?/m0/s1. The Morgan fingerprint density at radius 1 is 1.02 bits per heavy atom. The molecular formula is C38H38ClN9O4S. The zero-order valence-electron chi connectivity index (χ0n) is 29.6. The highest BCUT2D eigenvalue weighted by molar-refractivity contribution is 7.15. The van der Waals surface area contributed by atoms with Gasteiger partial charge in [-0.1, -0.05) is 35.9 Å². The van der Waals surface area contributed by atoms with Crippen molar-refractivity contribution in [3.8, 4) is 5.00 Å². The Morgan fingerprint density at radius 3 is 2.55 bits per heavy atom. The highest BCUT2D eigenvalue weighted by atomic mass is 35.5. The molecule has 2 N–H and O–H groups in total. The maximum absolute atomic E-state index is 13.8. The lowest BCUT2D eigenvalue weighted by atomic mass is 9.95. The third kappa shape index (κ3) is 6.43. The number of rotatable bonds is 7. The van der Waals surface area contributed by atoms with E-state index in [4.69, 9.17) is 16.6 Å². The minimum Gasteiger partial charge on any atom is -0.371 e. The van der Waals surface area contributed by atoms with Crippen LogP contribution in [-0.2, 0) is 14.4 Å². The summed E-state index contributed by atoms with van der Waals surface area (Å²) in [5, 5.41) is 21.5. The van der Waals surface area contributed by atoms with E-state index in [1.807, 2.05) is 54.0 Å². The molecule has 15 heteroatoms. The number of aryl methyl sites for hydroxylation is 2. The fourth-order valence-electron chi connectivity index (χ4n) is 7.61. The zero-order valence-corrected chi connectivity index (χ0v) is 31.1. The molecule has 0 aliphatic carbocycles. The van der Waals surface area contributed by atoms with Crippen LogP contribution in [0, 0.1) is 26.7 Å². The molecule has 3 aliphatic rings. The molecule has 0 saturated carbocycles. The minimum absolute atomic E-state index is 0.113. The molecule has 1 unspecified atom stereocenters. The van der Waals surface area contributed by atoms with Crippen molar-refractivity contribution in [3.05, 3.63) is 97.3 Å². The average Bonchev–Trinajstić information content (AvgIpc) is 3.63. The van der Waals surface area contributed by atoms with E-state index >= 15 is 0 Å². The molecule has 0 bridgehead atoms. The molecule has 2 atom stereocenters. The number of anilines is 1. The Hall–Kier alpha value is -5.21. The van der Waals surface area contributed by atoms with Crippen molar-refractivity contribution in [2.24, 2.45) is 10.9 Å². The van der Waals surface area contributed by atoms with Crippen LogP contribution in [0.3, 0.4) is 0 Å². The van der Waals surface area contributed by atoms with E-state index in [2.05, 4.69) is 44.7 Å². The number of hydrogen-bond donors (Lipinski definition) is 2. The first-order valence-electron chi connectivity index (χ1n) is 17.8. The molecule has 5 aromatic rings. The molecule has 3 aliphatic heterocycles. The van der Waals surface area contributed by atoms with E-state index in [9.17, 15) is 19.2 Å². The monoisotopic (exact) mass is 751 g/mol. The molecule has 272 valence electrons. The minimum atomic E-state index is -0.832. The summed E-state index contributed by atoms with van der Waals surface area (Å²) in [6.07, 6.45) is 3.74. The van der Waals surface area contributed by atoms with Crippen LogP contribution in [0.5, 0.6) is 0 Å². The van der Waals surface area contributed by atoms with Gasteiger partial charge in [-0.15, -0.1) is 21.5 Å². The van der Waals surface area contributed by atoms with Gasteiger partial charge in [0.05, 0.1) is 29.4 Å². The molecule has 13 nitrogen and oxygen atoms in total. The van der Waals surface area contributed by atoms with E-state index in [0.29, 0.717) is 41.3 Å². The van der Waals surface area contributed by atoms with E-state index in [-0.39, 0.29) is 42.6 Å². The third-order valence-corrected chi connectivity index (χ3v) is 12.0. The summed E-state index contributed by atoms with van der Waals surface area (Å²) in [5.74, 6) is 0.657. The van der Waals surface area contributed by atoms with Crippen molar-refractivity contribution in [2.45, 2.75) is 65.0 Å². The number of nitrogens with one attached hydrogen (secondary N) is 2. The summed E-state index contributed by atoms with van der Waals surface area (Å²) in [6, 6.07) is 11.9. The maximum Gasteiger partial charge on any atom is 0.277 e. The molecule has 8 rings (SSSR count). The number of amides is 3. The summed E-state index contributed by atoms with van der Waals surface area (Å²) in [6.45, 7) is 8.03. The lowest BCUT2D eigenvalue weighted by molar-refractivity contribution is -0.136. The van der Waals surface area contributed by atoms with Crippen molar-refractivity contribution in [3.63, 3.8) is 0 Å². The Kier molecular flexibility index (Phi) is 9.19. The number of aliphatic imine (C=N–C) groups is 1. The van der Waals surface area contributed by atoms with Gasteiger partial charge in [-0.05, 0) is 69.7 Å². The van der Waals surface area contributed by atoms with Crippen molar-refractivity contribution in [2.75, 3.05) is 24.5 Å². The molecule has 3 aromatic heterocycles. The van der Waals surface area contributed by atoms with Gasteiger partial charge in [0.25, 0.3) is 11.5 Å². The van der Waals surface area contributed by atoms with Crippen LogP contribution in [-0.4, -0.2) is 67.6 Å². The molecule has 2 fully saturated rings. The number of nitrogens with zero attached hydrogens (tertiary/aromatic N) is 7. The van der Waals surface area contributed by atoms with Crippen LogP contribution in [0.2, 0.25) is 5.02 Å². The fraction of sp³-hybridized carbons (Fsp3) is 0.368. The van der Waals surface area contributed by atoms with Gasteiger partial charge in [-0.3, -0.25) is 34.1 Å². The van der Waals surface area contributed by atoms with Crippen LogP contribution in [0.15, 0.2) is 58.4 Å². The molecular weight excluding hydrogens is 714 g/mol. The molecule has 3 amide bonds. The van der Waals surface area contributed by atoms with Crippen LogP contribution in [0.25, 0.3) is 15.8 Å². The van der Waals surface area contributed by atoms with Crippen LogP contribution in [0.1, 0.15) is 77.4 Å². The quantitative estimate of drug-likeness (QED) is 0.222. The Morgan fingerprint density at radius 2 is 1.79 bits per heavy atom.